The lowest BCUT2D eigenvalue weighted by Crippen LogP contribution is -2.47. The number of benzene rings is 1. The molecule has 26 heavy (non-hydrogen) atoms. The molecular weight excluding hydrogens is 332 g/mol. The first-order chi connectivity index (χ1) is 12.0. The van der Waals surface area contributed by atoms with Gasteiger partial charge in [-0.05, 0) is 64.3 Å². The second kappa shape index (κ2) is 9.46. The number of alkyl carbamates (subject to hydrolysis) is 1. The second-order valence-corrected chi connectivity index (χ2v) is 7.88. The Morgan fingerprint density at radius 3 is 2.12 bits per heavy atom. The fourth-order valence-corrected chi connectivity index (χ4v) is 2.54. The minimum Gasteiger partial charge on any atom is -0.465 e. The highest BCUT2D eigenvalue weighted by molar-refractivity contribution is 5.89. The maximum Gasteiger partial charge on any atom is 0.407 e. The Kier molecular flexibility index (Phi) is 7.93. The molecule has 0 saturated heterocycles. The number of amides is 1. The van der Waals surface area contributed by atoms with Crippen LogP contribution < -0.4 is 10.6 Å². The normalized spacial score (nSPS) is 13.7. The number of hydrogen-bond donors (Lipinski definition) is 2. The van der Waals surface area contributed by atoms with E-state index in [1.54, 1.807) is 12.1 Å². The summed E-state index contributed by atoms with van der Waals surface area (Å²) < 4.78 is 10.1. The number of carbonyl (C=O) groups excluding carboxylic acids is 2. The van der Waals surface area contributed by atoms with Gasteiger partial charge >= 0.3 is 12.1 Å². The van der Waals surface area contributed by atoms with Crippen LogP contribution in [0.5, 0.6) is 0 Å². The lowest BCUT2D eigenvalue weighted by atomic mass is 9.98. The van der Waals surface area contributed by atoms with Crippen LogP contribution >= 0.6 is 0 Å². The van der Waals surface area contributed by atoms with Crippen molar-refractivity contribution in [2.45, 2.75) is 65.6 Å². The molecule has 2 atom stereocenters. The Balaban J connectivity index is 2.77. The predicted octanol–water partition coefficient (Wildman–Crippen LogP) is 4.21. The molecule has 146 valence electrons. The van der Waals surface area contributed by atoms with E-state index in [4.69, 9.17) is 9.47 Å². The summed E-state index contributed by atoms with van der Waals surface area (Å²) in [6.07, 6.45) is 0.394. The van der Waals surface area contributed by atoms with Crippen molar-refractivity contribution in [3.63, 3.8) is 0 Å². The van der Waals surface area contributed by atoms with Gasteiger partial charge in [0.2, 0.25) is 0 Å². The van der Waals surface area contributed by atoms with E-state index < -0.39 is 11.7 Å². The van der Waals surface area contributed by atoms with E-state index in [0.29, 0.717) is 11.5 Å². The first kappa shape index (κ1) is 21.8. The van der Waals surface area contributed by atoms with E-state index in [1.807, 2.05) is 39.8 Å². The summed E-state index contributed by atoms with van der Waals surface area (Å²) in [6.45, 7) is 11.8. The molecule has 0 heterocycles. The first-order valence-corrected chi connectivity index (χ1v) is 8.96. The summed E-state index contributed by atoms with van der Waals surface area (Å²) in [6, 6.07) is 6.95. The number of hydrogen-bond acceptors (Lipinski definition) is 5. The molecule has 0 aliphatic heterocycles. The van der Waals surface area contributed by atoms with E-state index in [1.165, 1.54) is 7.11 Å². The molecule has 0 aliphatic rings. The zero-order valence-corrected chi connectivity index (χ0v) is 16.9. The van der Waals surface area contributed by atoms with Gasteiger partial charge in [-0.15, -0.1) is 0 Å². The van der Waals surface area contributed by atoms with Crippen LogP contribution in [0.3, 0.4) is 0 Å². The molecule has 0 radical (unpaired) electrons. The average molecular weight is 364 g/mol. The Labute approximate surface area is 156 Å². The zero-order valence-electron chi connectivity index (χ0n) is 16.9. The Morgan fingerprint density at radius 1 is 1.08 bits per heavy atom. The molecule has 1 unspecified atom stereocenters. The summed E-state index contributed by atoms with van der Waals surface area (Å²) in [5.41, 5.74) is 0.827. The van der Waals surface area contributed by atoms with Crippen LogP contribution in [0.2, 0.25) is 0 Å². The van der Waals surface area contributed by atoms with Crippen molar-refractivity contribution in [3.05, 3.63) is 29.8 Å². The molecule has 2 N–H and O–H groups in total. The van der Waals surface area contributed by atoms with Crippen LogP contribution in [0, 0.1) is 5.92 Å². The van der Waals surface area contributed by atoms with Crippen molar-refractivity contribution in [2.24, 2.45) is 5.92 Å². The number of methoxy groups -OCH3 is 1. The van der Waals surface area contributed by atoms with E-state index >= 15 is 0 Å². The maximum atomic E-state index is 12.1. The Bertz CT molecular complexity index is 591. The fourth-order valence-electron chi connectivity index (χ4n) is 2.54. The number of rotatable bonds is 7. The first-order valence-electron chi connectivity index (χ1n) is 8.96. The zero-order chi connectivity index (χ0) is 19.9. The molecule has 0 saturated carbocycles. The van der Waals surface area contributed by atoms with E-state index in [-0.39, 0.29) is 18.1 Å². The molecule has 0 fully saturated rings. The van der Waals surface area contributed by atoms with Gasteiger partial charge in [0, 0.05) is 11.7 Å². The number of ether oxygens (including phenoxy) is 2. The largest absolute Gasteiger partial charge is 0.465 e. The van der Waals surface area contributed by atoms with Crippen LogP contribution in [-0.2, 0) is 9.47 Å². The summed E-state index contributed by atoms with van der Waals surface area (Å²) >= 11 is 0. The van der Waals surface area contributed by atoms with Crippen molar-refractivity contribution in [1.29, 1.82) is 0 Å². The van der Waals surface area contributed by atoms with Crippen LogP contribution in [0.25, 0.3) is 0 Å². The van der Waals surface area contributed by atoms with Crippen LogP contribution in [0.1, 0.15) is 58.3 Å². The summed E-state index contributed by atoms with van der Waals surface area (Å²) in [7, 11) is 1.36. The van der Waals surface area contributed by atoms with E-state index in [2.05, 4.69) is 24.5 Å². The predicted molar refractivity (Wildman–Crippen MR) is 103 cm³/mol. The van der Waals surface area contributed by atoms with Gasteiger partial charge in [0.05, 0.1) is 18.7 Å². The number of carbonyl (C=O) groups is 2. The van der Waals surface area contributed by atoms with Gasteiger partial charge in [0.25, 0.3) is 0 Å². The highest BCUT2D eigenvalue weighted by Crippen LogP contribution is 2.16. The third kappa shape index (κ3) is 7.76. The van der Waals surface area contributed by atoms with Crippen molar-refractivity contribution in [2.75, 3.05) is 12.4 Å². The number of nitrogens with one attached hydrogen (secondary N) is 2. The minimum absolute atomic E-state index is 0.0195. The highest BCUT2D eigenvalue weighted by atomic mass is 16.6. The molecule has 1 aromatic carbocycles. The van der Waals surface area contributed by atoms with Crippen molar-refractivity contribution >= 4 is 17.7 Å². The summed E-state index contributed by atoms with van der Waals surface area (Å²) in [4.78, 5) is 23.7. The quantitative estimate of drug-likeness (QED) is 0.709. The Hall–Kier alpha value is -2.24. The fraction of sp³-hybridized carbons (Fsp3) is 0.600. The molecule has 6 nitrogen and oxygen atoms in total. The van der Waals surface area contributed by atoms with E-state index in [0.717, 1.165) is 12.1 Å². The SMILES string of the molecule is COC(=O)c1ccc(NC(C)[C@H](CC(C)C)NC(=O)OC(C)(C)C)cc1. The third-order valence-electron chi connectivity index (χ3n) is 3.73. The van der Waals surface area contributed by atoms with Crippen LogP contribution in [-0.4, -0.2) is 36.9 Å². The van der Waals surface area contributed by atoms with Crippen molar-refractivity contribution in [1.82, 2.24) is 5.32 Å². The topological polar surface area (TPSA) is 76.7 Å². The molecule has 6 heteroatoms. The average Bonchev–Trinajstić information content (AvgIpc) is 2.52. The number of anilines is 1. The van der Waals surface area contributed by atoms with Gasteiger partial charge in [0.1, 0.15) is 5.60 Å². The standard InChI is InChI=1S/C20H32N2O4/c1-13(2)12-17(22-19(24)26-20(4,5)6)14(3)21-16-10-8-15(9-11-16)18(23)25-7/h8-11,13-14,17,21H,12H2,1-7H3,(H,22,24)/t14?,17-/m0/s1. The summed E-state index contributed by atoms with van der Waals surface area (Å²) in [5.74, 6) is 0.0507. The van der Waals surface area contributed by atoms with Gasteiger partial charge in [0.15, 0.2) is 0 Å². The molecule has 0 aliphatic carbocycles. The summed E-state index contributed by atoms with van der Waals surface area (Å²) in [5, 5.41) is 6.34. The lowest BCUT2D eigenvalue weighted by molar-refractivity contribution is 0.0493. The van der Waals surface area contributed by atoms with Gasteiger partial charge in [-0.2, -0.15) is 0 Å². The molecule has 1 amide bonds. The molecule has 0 aromatic heterocycles. The highest BCUT2D eigenvalue weighted by Gasteiger charge is 2.24. The molecule has 0 spiro atoms. The van der Waals surface area contributed by atoms with Gasteiger partial charge in [-0.3, -0.25) is 0 Å². The van der Waals surface area contributed by atoms with Gasteiger partial charge in [-0.25, -0.2) is 9.59 Å². The van der Waals surface area contributed by atoms with Gasteiger partial charge in [-0.1, -0.05) is 13.8 Å². The smallest absolute Gasteiger partial charge is 0.407 e. The van der Waals surface area contributed by atoms with Crippen molar-refractivity contribution in [3.8, 4) is 0 Å². The third-order valence-corrected chi connectivity index (χ3v) is 3.73. The minimum atomic E-state index is -0.535. The maximum absolute atomic E-state index is 12.1. The second-order valence-electron chi connectivity index (χ2n) is 7.88. The van der Waals surface area contributed by atoms with Gasteiger partial charge < -0.3 is 20.1 Å². The van der Waals surface area contributed by atoms with Crippen LogP contribution in [0.4, 0.5) is 10.5 Å². The molecule has 1 rings (SSSR count). The molecular formula is C20H32N2O4. The monoisotopic (exact) mass is 364 g/mol. The number of esters is 1. The molecule has 0 bridgehead atoms. The van der Waals surface area contributed by atoms with Crippen molar-refractivity contribution < 1.29 is 19.1 Å². The lowest BCUT2D eigenvalue weighted by Gasteiger charge is -2.29. The van der Waals surface area contributed by atoms with Crippen LogP contribution in [0.15, 0.2) is 24.3 Å². The molecule has 1 aromatic rings. The van der Waals surface area contributed by atoms with E-state index in [9.17, 15) is 9.59 Å². The Morgan fingerprint density at radius 2 is 1.65 bits per heavy atom.